The van der Waals surface area contributed by atoms with Gasteiger partial charge in [0.2, 0.25) is 0 Å². The second-order valence-electron chi connectivity index (χ2n) is 6.01. The zero-order valence-corrected chi connectivity index (χ0v) is 15.5. The molecule has 1 aromatic carbocycles. The molecule has 0 saturated heterocycles. The summed E-state index contributed by atoms with van der Waals surface area (Å²) in [6.07, 6.45) is -2.13. The molecule has 0 spiro atoms. The van der Waals surface area contributed by atoms with Gasteiger partial charge in [-0.15, -0.1) is 0 Å². The van der Waals surface area contributed by atoms with Crippen LogP contribution in [0.4, 0.5) is 4.79 Å². The Morgan fingerprint density at radius 3 is 2.57 bits per heavy atom. The molecular weight excluding hydrogens is 364 g/mol. The van der Waals surface area contributed by atoms with Crippen LogP contribution in [0.25, 0.3) is 22.4 Å². The molecule has 0 bridgehead atoms. The number of aromatic nitrogens is 1. The average molecular weight is 382 g/mol. The van der Waals surface area contributed by atoms with Crippen LogP contribution in [0.2, 0.25) is 0 Å². The number of amides is 2. The molecule has 1 N–H and O–H groups in total. The first kappa shape index (κ1) is 19.1. The van der Waals surface area contributed by atoms with Crippen molar-refractivity contribution in [2.45, 2.75) is 20.0 Å². The van der Waals surface area contributed by atoms with E-state index < -0.39 is 24.1 Å². The van der Waals surface area contributed by atoms with Gasteiger partial charge in [-0.3, -0.25) is 10.1 Å². The fourth-order valence-corrected chi connectivity index (χ4v) is 2.57. The number of pyridine rings is 1. The molecule has 8 heteroatoms. The highest BCUT2D eigenvalue weighted by Crippen LogP contribution is 2.27. The summed E-state index contributed by atoms with van der Waals surface area (Å²) in [5, 5.41) is 2.53. The topological polar surface area (TPSA) is 108 Å². The monoisotopic (exact) mass is 382 g/mol. The fourth-order valence-electron chi connectivity index (χ4n) is 2.57. The minimum atomic E-state index is -1.20. The molecule has 3 aromatic rings. The lowest BCUT2D eigenvalue weighted by Crippen LogP contribution is -2.39. The number of methoxy groups -OCH3 is 1. The van der Waals surface area contributed by atoms with Gasteiger partial charge in [-0.1, -0.05) is 18.2 Å². The van der Waals surface area contributed by atoms with Crippen molar-refractivity contribution >= 4 is 28.9 Å². The maximum atomic E-state index is 12.7. The van der Waals surface area contributed by atoms with E-state index in [0.717, 1.165) is 7.11 Å². The number of aryl methyl sites for hydroxylation is 1. The Bertz CT molecular complexity index is 1060. The Morgan fingerprint density at radius 1 is 1.14 bits per heavy atom. The van der Waals surface area contributed by atoms with E-state index in [1.807, 2.05) is 5.32 Å². The quantitative estimate of drug-likeness (QED) is 0.690. The molecule has 2 heterocycles. The molecule has 0 aliphatic heterocycles. The minimum Gasteiger partial charge on any atom is -0.460 e. The van der Waals surface area contributed by atoms with E-state index in [4.69, 9.17) is 9.15 Å². The summed E-state index contributed by atoms with van der Waals surface area (Å²) in [5.74, 6) is -0.299. The number of benzene rings is 1. The molecule has 0 saturated carbocycles. The zero-order valence-electron chi connectivity index (χ0n) is 15.5. The van der Waals surface area contributed by atoms with Crippen LogP contribution >= 0.6 is 0 Å². The second-order valence-corrected chi connectivity index (χ2v) is 6.01. The Hall–Kier alpha value is -3.68. The van der Waals surface area contributed by atoms with Gasteiger partial charge < -0.3 is 13.9 Å². The SMILES string of the molecule is COC(=O)NC(=O)[C@@H](C)OC(=O)c1cc(-c2ccc(C)o2)nc2ccccc12. The average Bonchev–Trinajstić information content (AvgIpc) is 3.13. The molecule has 3 rings (SSSR count). The lowest BCUT2D eigenvalue weighted by molar-refractivity contribution is -0.128. The van der Waals surface area contributed by atoms with E-state index in [-0.39, 0.29) is 5.56 Å². The highest BCUT2D eigenvalue weighted by Gasteiger charge is 2.23. The molecular formula is C20H18N2O6. The third-order valence-corrected chi connectivity index (χ3v) is 3.99. The predicted octanol–water partition coefficient (Wildman–Crippen LogP) is 3.23. The van der Waals surface area contributed by atoms with Gasteiger partial charge >= 0.3 is 12.1 Å². The van der Waals surface area contributed by atoms with Crippen molar-refractivity contribution in [2.24, 2.45) is 0 Å². The number of nitrogens with zero attached hydrogens (tertiary/aromatic N) is 1. The third kappa shape index (κ3) is 4.01. The molecule has 144 valence electrons. The number of rotatable bonds is 4. The van der Waals surface area contributed by atoms with Crippen molar-refractivity contribution < 1.29 is 28.3 Å². The Kier molecular flexibility index (Phi) is 5.39. The van der Waals surface area contributed by atoms with Crippen LogP contribution in [0.15, 0.2) is 46.9 Å². The number of hydrogen-bond donors (Lipinski definition) is 1. The molecule has 0 aliphatic rings. The predicted molar refractivity (Wildman–Crippen MR) is 99.6 cm³/mol. The van der Waals surface area contributed by atoms with Crippen LogP contribution in [0.3, 0.4) is 0 Å². The molecule has 2 amide bonds. The Morgan fingerprint density at radius 2 is 1.89 bits per heavy atom. The van der Waals surface area contributed by atoms with Gasteiger partial charge in [0.25, 0.3) is 5.91 Å². The molecule has 8 nitrogen and oxygen atoms in total. The van der Waals surface area contributed by atoms with Crippen molar-refractivity contribution in [3.05, 3.63) is 53.8 Å². The van der Waals surface area contributed by atoms with E-state index in [9.17, 15) is 14.4 Å². The first-order valence-corrected chi connectivity index (χ1v) is 8.45. The standard InChI is InChI=1S/C20H18N2O6/c1-11-8-9-17(27-11)16-10-14(13-6-4-5-7-15(13)21-16)19(24)28-12(2)18(23)22-20(25)26-3/h4-10,12H,1-3H3,(H,22,23,25)/t12-/m1/s1. The highest BCUT2D eigenvalue weighted by atomic mass is 16.6. The van der Waals surface area contributed by atoms with E-state index in [0.29, 0.717) is 28.1 Å². The summed E-state index contributed by atoms with van der Waals surface area (Å²) in [6, 6.07) is 12.2. The summed E-state index contributed by atoms with van der Waals surface area (Å²) in [5.41, 5.74) is 1.27. The van der Waals surface area contributed by atoms with Crippen LogP contribution in [0.1, 0.15) is 23.0 Å². The van der Waals surface area contributed by atoms with Crippen molar-refractivity contribution in [1.29, 1.82) is 0 Å². The van der Waals surface area contributed by atoms with Gasteiger partial charge in [-0.2, -0.15) is 0 Å². The van der Waals surface area contributed by atoms with Gasteiger partial charge in [0.05, 0.1) is 18.2 Å². The Labute approximate surface area is 160 Å². The number of para-hydroxylation sites is 1. The molecule has 28 heavy (non-hydrogen) atoms. The van der Waals surface area contributed by atoms with E-state index in [2.05, 4.69) is 9.72 Å². The highest BCUT2D eigenvalue weighted by molar-refractivity contribution is 6.05. The van der Waals surface area contributed by atoms with Crippen LogP contribution in [0, 0.1) is 6.92 Å². The van der Waals surface area contributed by atoms with E-state index >= 15 is 0 Å². The first-order chi connectivity index (χ1) is 13.4. The summed E-state index contributed by atoms with van der Waals surface area (Å²) in [4.78, 5) is 40.3. The number of hydrogen-bond acceptors (Lipinski definition) is 7. The number of carbonyl (C=O) groups excluding carboxylic acids is 3. The molecule has 2 aromatic heterocycles. The zero-order chi connectivity index (χ0) is 20.3. The second kappa shape index (κ2) is 7.91. The Balaban J connectivity index is 1.93. The van der Waals surface area contributed by atoms with Gasteiger partial charge in [-0.05, 0) is 38.1 Å². The molecule has 1 atom stereocenters. The van der Waals surface area contributed by atoms with Crippen molar-refractivity contribution in [1.82, 2.24) is 10.3 Å². The molecule has 0 aliphatic carbocycles. The smallest absolute Gasteiger partial charge is 0.413 e. The number of carbonyl (C=O) groups is 3. The summed E-state index contributed by atoms with van der Waals surface area (Å²) < 4.78 is 15.2. The molecule has 0 unspecified atom stereocenters. The fraction of sp³-hybridized carbons (Fsp3) is 0.200. The van der Waals surface area contributed by atoms with Crippen molar-refractivity contribution in [3.8, 4) is 11.5 Å². The number of esters is 1. The molecule has 0 fully saturated rings. The van der Waals surface area contributed by atoms with Crippen LogP contribution in [0.5, 0.6) is 0 Å². The van der Waals surface area contributed by atoms with E-state index in [1.165, 1.54) is 6.92 Å². The lowest BCUT2D eigenvalue weighted by atomic mass is 10.1. The number of nitrogens with one attached hydrogen (secondary N) is 1. The summed E-state index contributed by atoms with van der Waals surface area (Å²) in [7, 11) is 1.13. The van der Waals surface area contributed by atoms with Gasteiger partial charge in [0.15, 0.2) is 11.9 Å². The van der Waals surface area contributed by atoms with Gasteiger partial charge in [0, 0.05) is 5.39 Å². The maximum Gasteiger partial charge on any atom is 0.413 e. The number of fused-ring (bicyclic) bond motifs is 1. The first-order valence-electron chi connectivity index (χ1n) is 8.45. The summed E-state index contributed by atoms with van der Waals surface area (Å²) in [6.45, 7) is 3.16. The lowest BCUT2D eigenvalue weighted by Gasteiger charge is -2.14. The van der Waals surface area contributed by atoms with Crippen LogP contribution < -0.4 is 5.32 Å². The van der Waals surface area contributed by atoms with Gasteiger partial charge in [-0.25, -0.2) is 14.6 Å². The number of ether oxygens (including phenoxy) is 2. The number of imide groups is 1. The minimum absolute atomic E-state index is 0.229. The van der Waals surface area contributed by atoms with Crippen LogP contribution in [-0.4, -0.2) is 36.2 Å². The maximum absolute atomic E-state index is 12.7. The van der Waals surface area contributed by atoms with E-state index in [1.54, 1.807) is 49.4 Å². The normalized spacial score (nSPS) is 11.7. The molecule has 0 radical (unpaired) electrons. The number of alkyl carbamates (subject to hydrolysis) is 1. The third-order valence-electron chi connectivity index (χ3n) is 3.99. The van der Waals surface area contributed by atoms with Crippen LogP contribution in [-0.2, 0) is 14.3 Å². The van der Waals surface area contributed by atoms with Crippen molar-refractivity contribution in [2.75, 3.05) is 7.11 Å². The largest absolute Gasteiger partial charge is 0.460 e. The van der Waals surface area contributed by atoms with Crippen molar-refractivity contribution in [3.63, 3.8) is 0 Å². The summed E-state index contributed by atoms with van der Waals surface area (Å²) >= 11 is 0. The van der Waals surface area contributed by atoms with Gasteiger partial charge in [0.1, 0.15) is 11.5 Å². The number of furan rings is 1.